The fourth-order valence-electron chi connectivity index (χ4n) is 3.01. The summed E-state index contributed by atoms with van der Waals surface area (Å²) < 4.78 is 34.1. The Labute approximate surface area is 177 Å². The zero-order valence-electron chi connectivity index (χ0n) is 16.5. The van der Waals surface area contributed by atoms with Crippen LogP contribution in [0.3, 0.4) is 0 Å². The van der Waals surface area contributed by atoms with Crippen molar-refractivity contribution in [1.29, 1.82) is 0 Å². The molecule has 0 radical (unpaired) electrons. The third kappa shape index (κ3) is 4.94. The summed E-state index contributed by atoms with van der Waals surface area (Å²) in [4.78, 5) is 24.9. The van der Waals surface area contributed by atoms with Gasteiger partial charge in [-0.2, -0.15) is 0 Å². The van der Waals surface area contributed by atoms with Crippen LogP contribution in [0.15, 0.2) is 29.5 Å². The van der Waals surface area contributed by atoms with Gasteiger partial charge < -0.3 is 10.5 Å². The number of aromatic nitrogens is 2. The molecular formula is C21H20F2N4O2S. The highest BCUT2D eigenvalue weighted by Crippen LogP contribution is 2.37. The van der Waals surface area contributed by atoms with Gasteiger partial charge in [0.15, 0.2) is 29.2 Å². The Morgan fingerprint density at radius 2 is 2.13 bits per heavy atom. The van der Waals surface area contributed by atoms with Crippen molar-refractivity contribution in [2.45, 2.75) is 32.2 Å². The van der Waals surface area contributed by atoms with Gasteiger partial charge in [0.1, 0.15) is 5.69 Å². The van der Waals surface area contributed by atoms with Gasteiger partial charge in [-0.1, -0.05) is 17.7 Å². The predicted molar refractivity (Wildman–Crippen MR) is 111 cm³/mol. The monoisotopic (exact) mass is 430 g/mol. The quantitative estimate of drug-likeness (QED) is 0.559. The molecule has 0 fully saturated rings. The third-order valence-electron chi connectivity index (χ3n) is 4.61. The summed E-state index contributed by atoms with van der Waals surface area (Å²) in [6, 6.07) is 2.48. The van der Waals surface area contributed by atoms with E-state index in [1.54, 1.807) is 13.8 Å². The minimum Gasteiger partial charge on any atom is -0.463 e. The number of rotatable bonds is 6. The van der Waals surface area contributed by atoms with Crippen LogP contribution in [-0.4, -0.2) is 33.3 Å². The number of hydrogen-bond acceptors (Lipinski definition) is 7. The first-order valence-electron chi connectivity index (χ1n) is 9.16. The molecule has 1 atom stereocenters. The molecule has 2 N–H and O–H groups in total. The first-order chi connectivity index (χ1) is 14.3. The second kappa shape index (κ2) is 9.22. The van der Waals surface area contributed by atoms with Crippen LogP contribution in [0.1, 0.15) is 41.9 Å². The van der Waals surface area contributed by atoms with Crippen LogP contribution in [0.25, 0.3) is 0 Å². The molecule has 0 spiro atoms. The topological polar surface area (TPSA) is 90.5 Å². The van der Waals surface area contributed by atoms with E-state index in [0.717, 1.165) is 6.07 Å². The molecule has 6 nitrogen and oxygen atoms in total. The van der Waals surface area contributed by atoms with E-state index in [9.17, 15) is 13.6 Å². The summed E-state index contributed by atoms with van der Waals surface area (Å²) >= 11 is 1.37. The maximum Gasteiger partial charge on any atom is 0.233 e. The van der Waals surface area contributed by atoms with Gasteiger partial charge in [-0.25, -0.2) is 18.7 Å². The van der Waals surface area contributed by atoms with Crippen LogP contribution >= 0.6 is 11.8 Å². The lowest BCUT2D eigenvalue weighted by Gasteiger charge is -2.30. The Hall–Kier alpha value is -2.99. The largest absolute Gasteiger partial charge is 0.463 e. The fraction of sp³-hybridized carbons (Fsp3) is 0.333. The minimum atomic E-state index is -1.03. The van der Waals surface area contributed by atoms with Gasteiger partial charge in [0, 0.05) is 17.7 Å². The highest BCUT2D eigenvalue weighted by molar-refractivity contribution is 8.13. The van der Waals surface area contributed by atoms with Crippen LogP contribution in [0.5, 0.6) is 5.88 Å². The van der Waals surface area contributed by atoms with Crippen molar-refractivity contribution in [2.24, 2.45) is 10.7 Å². The average Bonchev–Trinajstić information content (AvgIpc) is 2.71. The van der Waals surface area contributed by atoms with Crippen molar-refractivity contribution in [3.05, 3.63) is 53.0 Å². The lowest BCUT2D eigenvalue weighted by Crippen LogP contribution is -2.30. The number of nitrogens with zero attached hydrogens (tertiary/aromatic N) is 3. The molecule has 9 heteroatoms. The molecule has 0 aliphatic carbocycles. The zero-order chi connectivity index (χ0) is 21.7. The number of ketones is 1. The number of halogens is 2. The number of nitrogens with two attached hydrogens (primary N) is 1. The van der Waals surface area contributed by atoms with Crippen molar-refractivity contribution in [3.8, 4) is 17.7 Å². The Bertz CT molecular complexity index is 1050. The second-order valence-corrected chi connectivity index (χ2v) is 7.93. The van der Waals surface area contributed by atoms with Gasteiger partial charge >= 0.3 is 0 Å². The molecule has 2 aromatic rings. The molecule has 1 aliphatic rings. The van der Waals surface area contributed by atoms with Gasteiger partial charge in [-0.15, -0.1) is 5.92 Å². The predicted octanol–water partition coefficient (Wildman–Crippen LogP) is 3.25. The molecule has 2 heterocycles. The third-order valence-corrected chi connectivity index (χ3v) is 5.41. The van der Waals surface area contributed by atoms with Crippen molar-refractivity contribution in [2.75, 3.05) is 12.4 Å². The number of hydrogen-bond donors (Lipinski definition) is 1. The highest BCUT2D eigenvalue weighted by Gasteiger charge is 2.33. The Balaban J connectivity index is 1.81. The van der Waals surface area contributed by atoms with Crippen LogP contribution < -0.4 is 10.5 Å². The van der Waals surface area contributed by atoms with E-state index in [0.29, 0.717) is 22.9 Å². The Morgan fingerprint density at radius 1 is 1.33 bits per heavy atom. The second-order valence-electron chi connectivity index (χ2n) is 6.82. The van der Waals surface area contributed by atoms with Crippen LogP contribution in [0.4, 0.5) is 8.78 Å². The van der Waals surface area contributed by atoms with Crippen LogP contribution in [0, 0.1) is 23.5 Å². The number of amidine groups is 1. The van der Waals surface area contributed by atoms with Crippen LogP contribution in [-0.2, 0) is 12.0 Å². The summed E-state index contributed by atoms with van der Waals surface area (Å²) in [7, 11) is 0. The Kier molecular flexibility index (Phi) is 6.67. The molecule has 1 aromatic heterocycles. The molecular weight excluding hydrogens is 410 g/mol. The normalized spacial score (nSPS) is 18.2. The van der Waals surface area contributed by atoms with Crippen molar-refractivity contribution in [3.63, 3.8) is 0 Å². The number of aliphatic imine (C=N–C) groups is 1. The molecule has 1 aliphatic heterocycles. The SMILES string of the molecule is CC#CCOc1cnc(C(=O)Cc2cc(F)c(F)c(C3(C)CCSC(N)=N3)c2)cn1. The van der Waals surface area contributed by atoms with Gasteiger partial charge in [-0.05, 0) is 38.0 Å². The number of carbonyl (C=O) groups excluding carboxylic acids is 1. The van der Waals surface area contributed by atoms with Gasteiger partial charge in [0.25, 0.3) is 0 Å². The smallest absolute Gasteiger partial charge is 0.233 e. The van der Waals surface area contributed by atoms with Gasteiger partial charge in [-0.3, -0.25) is 9.79 Å². The average molecular weight is 430 g/mol. The summed E-state index contributed by atoms with van der Waals surface area (Å²) in [5.41, 5.74) is 5.30. The number of benzene rings is 1. The molecule has 0 saturated carbocycles. The Morgan fingerprint density at radius 3 is 2.80 bits per heavy atom. The van der Waals surface area contributed by atoms with E-state index in [1.807, 2.05) is 0 Å². The molecule has 30 heavy (non-hydrogen) atoms. The highest BCUT2D eigenvalue weighted by atomic mass is 32.2. The zero-order valence-corrected chi connectivity index (χ0v) is 17.4. The molecule has 0 saturated heterocycles. The maximum absolute atomic E-state index is 14.5. The summed E-state index contributed by atoms with van der Waals surface area (Å²) in [6.07, 6.45) is 2.94. The summed E-state index contributed by atoms with van der Waals surface area (Å²) in [5, 5.41) is 0.326. The number of carbonyl (C=O) groups is 1. The summed E-state index contributed by atoms with van der Waals surface area (Å²) in [5.74, 6) is 3.90. The lowest BCUT2D eigenvalue weighted by atomic mass is 9.87. The maximum atomic E-state index is 14.5. The minimum absolute atomic E-state index is 0.0837. The standard InChI is InChI=1S/C21H20F2N4O2S/c1-3-4-6-29-18-12-25-16(11-26-18)17(28)10-13-8-14(19(23)15(22)9-13)21(2)5-7-30-20(24)27-21/h8-9,11-12H,5-7,10H2,1-2H3,(H2,24,27). The molecule has 1 unspecified atom stereocenters. The molecule has 0 amide bonds. The van der Waals surface area contributed by atoms with E-state index in [4.69, 9.17) is 10.5 Å². The first kappa shape index (κ1) is 21.7. The molecule has 3 rings (SSSR count). The van der Waals surface area contributed by atoms with Gasteiger partial charge in [0.05, 0.1) is 17.9 Å². The van der Waals surface area contributed by atoms with Crippen molar-refractivity contribution >= 4 is 22.7 Å². The van der Waals surface area contributed by atoms with E-state index in [1.165, 1.54) is 30.2 Å². The molecule has 1 aromatic carbocycles. The number of thioether (sulfide) groups is 1. The lowest BCUT2D eigenvalue weighted by molar-refractivity contribution is 0.0987. The van der Waals surface area contributed by atoms with Crippen molar-refractivity contribution in [1.82, 2.24) is 9.97 Å². The first-order valence-corrected chi connectivity index (χ1v) is 10.1. The number of ether oxygens (including phenoxy) is 1. The van der Waals surface area contributed by atoms with E-state index < -0.39 is 17.2 Å². The molecule has 0 bridgehead atoms. The van der Waals surface area contributed by atoms with Gasteiger partial charge in [0.2, 0.25) is 5.88 Å². The van der Waals surface area contributed by atoms with Crippen LogP contribution in [0.2, 0.25) is 0 Å². The van der Waals surface area contributed by atoms with Crippen molar-refractivity contribution < 1.29 is 18.3 Å². The van der Waals surface area contributed by atoms with E-state index in [-0.39, 0.29) is 35.9 Å². The molecule has 156 valence electrons. The van der Waals surface area contributed by atoms with E-state index >= 15 is 0 Å². The fourth-order valence-corrected chi connectivity index (χ4v) is 3.99. The number of Topliss-reactive ketones (excluding diaryl/α,β-unsaturated/α-hetero) is 1. The summed E-state index contributed by atoms with van der Waals surface area (Å²) in [6.45, 7) is 3.56. The van der Waals surface area contributed by atoms with E-state index in [2.05, 4.69) is 26.8 Å².